The minimum atomic E-state index is -0.924. The summed E-state index contributed by atoms with van der Waals surface area (Å²) in [5, 5.41) is 9.50. The van der Waals surface area contributed by atoms with E-state index in [1.165, 1.54) is 11.5 Å². The lowest BCUT2D eigenvalue weighted by Gasteiger charge is -2.14. The first-order chi connectivity index (χ1) is 9.11. The highest BCUT2D eigenvalue weighted by Gasteiger charge is 2.16. The van der Waals surface area contributed by atoms with Crippen molar-refractivity contribution >= 4 is 27.6 Å². The van der Waals surface area contributed by atoms with Gasteiger partial charge in [-0.2, -0.15) is 0 Å². The Kier molecular flexibility index (Phi) is 4.34. The van der Waals surface area contributed by atoms with E-state index in [1.54, 1.807) is 10.0 Å². The van der Waals surface area contributed by atoms with Gasteiger partial charge in [-0.3, -0.25) is 13.5 Å². The van der Waals surface area contributed by atoms with Crippen molar-refractivity contribution < 1.29 is 14.6 Å². The van der Waals surface area contributed by atoms with Gasteiger partial charge in [0.25, 0.3) is 5.56 Å². The van der Waals surface area contributed by atoms with E-state index in [4.69, 9.17) is 9.84 Å². The van der Waals surface area contributed by atoms with Crippen LogP contribution in [-0.4, -0.2) is 27.7 Å². The summed E-state index contributed by atoms with van der Waals surface area (Å²) in [4.78, 5) is 22.9. The Labute approximate surface area is 114 Å². The first-order valence-corrected chi connectivity index (χ1v) is 6.81. The lowest BCUT2D eigenvalue weighted by Crippen LogP contribution is -2.27. The van der Waals surface area contributed by atoms with Gasteiger partial charge >= 0.3 is 5.97 Å². The fourth-order valence-electron chi connectivity index (χ4n) is 1.93. The lowest BCUT2D eigenvalue weighted by atomic mass is 10.2. The second-order valence-corrected chi connectivity index (χ2v) is 5.19. The van der Waals surface area contributed by atoms with Gasteiger partial charge in [-0.25, -0.2) is 0 Å². The quantitative estimate of drug-likeness (QED) is 0.878. The smallest absolute Gasteiger partial charge is 0.306 e. The normalized spacial score (nSPS) is 12.7. The molecule has 2 rings (SSSR count). The van der Waals surface area contributed by atoms with Crippen molar-refractivity contribution in [2.45, 2.75) is 26.0 Å². The molecule has 0 aliphatic heterocycles. The minimum absolute atomic E-state index is 0.0873. The Morgan fingerprint density at radius 2 is 2.21 bits per heavy atom. The Morgan fingerprint density at radius 1 is 1.47 bits per heavy atom. The Hall–Kier alpha value is -1.66. The van der Waals surface area contributed by atoms with Crippen molar-refractivity contribution in [3.63, 3.8) is 0 Å². The minimum Gasteiger partial charge on any atom is -0.481 e. The zero-order valence-electron chi connectivity index (χ0n) is 10.5. The van der Waals surface area contributed by atoms with E-state index in [0.29, 0.717) is 12.0 Å². The second kappa shape index (κ2) is 5.99. The lowest BCUT2D eigenvalue weighted by molar-refractivity contribution is -0.140. The predicted molar refractivity (Wildman–Crippen MR) is 73.8 cm³/mol. The topological polar surface area (TPSA) is 68.5 Å². The molecule has 6 heteroatoms. The van der Waals surface area contributed by atoms with Crippen LogP contribution in [0, 0.1) is 0 Å². The van der Waals surface area contributed by atoms with Crippen molar-refractivity contribution in [3.8, 4) is 0 Å². The van der Waals surface area contributed by atoms with Crippen LogP contribution in [0.15, 0.2) is 29.1 Å². The van der Waals surface area contributed by atoms with Crippen LogP contribution < -0.4 is 5.56 Å². The van der Waals surface area contributed by atoms with E-state index in [1.807, 2.05) is 25.1 Å². The third-order valence-electron chi connectivity index (χ3n) is 2.73. The van der Waals surface area contributed by atoms with Crippen molar-refractivity contribution in [1.82, 2.24) is 3.96 Å². The molecule has 0 aliphatic carbocycles. The van der Waals surface area contributed by atoms with E-state index in [-0.39, 0.29) is 18.5 Å². The Bertz CT molecular complexity index is 631. The monoisotopic (exact) mass is 281 g/mol. The van der Waals surface area contributed by atoms with Gasteiger partial charge in [0.2, 0.25) is 0 Å². The number of hydrogen-bond acceptors (Lipinski definition) is 4. The van der Waals surface area contributed by atoms with Crippen LogP contribution in [0.25, 0.3) is 10.1 Å². The van der Waals surface area contributed by atoms with Gasteiger partial charge in [0, 0.05) is 6.61 Å². The fraction of sp³-hybridized carbons (Fsp3) is 0.385. The average Bonchev–Trinajstić information content (AvgIpc) is 2.67. The molecule has 0 amide bonds. The molecular formula is C13H15NO4S. The van der Waals surface area contributed by atoms with Gasteiger partial charge in [-0.1, -0.05) is 23.7 Å². The summed E-state index contributed by atoms with van der Waals surface area (Å²) in [5.74, 6) is -0.924. The number of carboxylic acid groups (broad SMARTS) is 1. The molecule has 102 valence electrons. The zero-order valence-corrected chi connectivity index (χ0v) is 11.4. The summed E-state index contributed by atoms with van der Waals surface area (Å²) in [5.41, 5.74) is -0.0873. The van der Waals surface area contributed by atoms with Crippen LogP contribution in [-0.2, 0) is 16.1 Å². The third kappa shape index (κ3) is 3.21. The summed E-state index contributed by atoms with van der Waals surface area (Å²) in [6.45, 7) is 2.51. The summed E-state index contributed by atoms with van der Waals surface area (Å²) in [7, 11) is 0. The standard InChI is InChI=1S/C13H15NO4S/c1-2-18-9(7-12(15)16)8-14-13(17)10-5-3-4-6-11(10)19-14/h3-6,9H,2,7-8H2,1H3,(H,15,16). The number of benzene rings is 1. The van der Waals surface area contributed by atoms with Gasteiger partial charge in [0.15, 0.2) is 0 Å². The number of rotatable bonds is 6. The SMILES string of the molecule is CCOC(CC(=O)O)Cn1sc2ccccc2c1=O. The molecule has 1 unspecified atom stereocenters. The number of fused-ring (bicyclic) bond motifs is 1. The second-order valence-electron chi connectivity index (χ2n) is 4.13. The number of ether oxygens (including phenoxy) is 1. The molecule has 5 nitrogen and oxygen atoms in total. The summed E-state index contributed by atoms with van der Waals surface area (Å²) in [6, 6.07) is 7.35. The summed E-state index contributed by atoms with van der Waals surface area (Å²) < 4.78 is 7.84. The molecular weight excluding hydrogens is 266 g/mol. The zero-order chi connectivity index (χ0) is 13.8. The maximum Gasteiger partial charge on any atom is 0.306 e. The summed E-state index contributed by atoms with van der Waals surface area (Å²) in [6.07, 6.45) is -0.581. The molecule has 0 fully saturated rings. The average molecular weight is 281 g/mol. The third-order valence-corrected chi connectivity index (χ3v) is 3.81. The molecule has 1 heterocycles. The molecule has 2 aromatic rings. The van der Waals surface area contributed by atoms with Crippen LogP contribution in [0.4, 0.5) is 0 Å². The van der Waals surface area contributed by atoms with Crippen LogP contribution in [0.1, 0.15) is 13.3 Å². The van der Waals surface area contributed by atoms with Crippen molar-refractivity contribution in [1.29, 1.82) is 0 Å². The number of nitrogens with zero attached hydrogens (tertiary/aromatic N) is 1. The molecule has 1 atom stereocenters. The molecule has 0 spiro atoms. The van der Waals surface area contributed by atoms with Crippen molar-refractivity contribution in [2.75, 3.05) is 6.61 Å². The first kappa shape index (κ1) is 13.8. The number of aliphatic carboxylic acids is 1. The Balaban J connectivity index is 2.25. The molecule has 19 heavy (non-hydrogen) atoms. The van der Waals surface area contributed by atoms with Gasteiger partial charge in [0.1, 0.15) is 0 Å². The van der Waals surface area contributed by atoms with Gasteiger partial charge in [0.05, 0.1) is 29.2 Å². The molecule has 1 aromatic heterocycles. The Morgan fingerprint density at radius 3 is 2.84 bits per heavy atom. The summed E-state index contributed by atoms with van der Waals surface area (Å²) >= 11 is 1.34. The number of carboxylic acids is 1. The van der Waals surface area contributed by atoms with Crippen LogP contribution in [0.2, 0.25) is 0 Å². The van der Waals surface area contributed by atoms with E-state index in [2.05, 4.69) is 0 Å². The molecule has 0 bridgehead atoms. The van der Waals surface area contributed by atoms with Crippen molar-refractivity contribution in [3.05, 3.63) is 34.6 Å². The van der Waals surface area contributed by atoms with Crippen LogP contribution in [0.3, 0.4) is 0 Å². The van der Waals surface area contributed by atoms with Crippen LogP contribution >= 0.6 is 11.5 Å². The fourth-order valence-corrected chi connectivity index (χ4v) is 2.98. The molecule has 1 aromatic carbocycles. The highest BCUT2D eigenvalue weighted by molar-refractivity contribution is 7.13. The van der Waals surface area contributed by atoms with E-state index in [0.717, 1.165) is 4.70 Å². The number of aromatic nitrogens is 1. The first-order valence-electron chi connectivity index (χ1n) is 6.04. The largest absolute Gasteiger partial charge is 0.481 e. The van der Waals surface area contributed by atoms with E-state index in [9.17, 15) is 9.59 Å². The number of hydrogen-bond donors (Lipinski definition) is 1. The molecule has 1 N–H and O–H groups in total. The molecule has 0 saturated carbocycles. The maximum atomic E-state index is 12.1. The maximum absolute atomic E-state index is 12.1. The van der Waals surface area contributed by atoms with E-state index >= 15 is 0 Å². The molecule has 0 saturated heterocycles. The molecule has 0 aliphatic rings. The van der Waals surface area contributed by atoms with Crippen molar-refractivity contribution in [2.24, 2.45) is 0 Å². The van der Waals surface area contributed by atoms with Gasteiger partial charge < -0.3 is 9.84 Å². The highest BCUT2D eigenvalue weighted by Crippen LogP contribution is 2.17. The van der Waals surface area contributed by atoms with Gasteiger partial charge in [-0.05, 0) is 19.1 Å². The van der Waals surface area contributed by atoms with E-state index < -0.39 is 12.1 Å². The number of carbonyl (C=O) groups is 1. The van der Waals surface area contributed by atoms with Crippen LogP contribution in [0.5, 0.6) is 0 Å². The van der Waals surface area contributed by atoms with Gasteiger partial charge in [-0.15, -0.1) is 0 Å². The predicted octanol–water partition coefficient (Wildman–Crippen LogP) is 1.94. The highest BCUT2D eigenvalue weighted by atomic mass is 32.1. The molecule has 0 radical (unpaired) electrons.